The van der Waals surface area contributed by atoms with Crippen molar-refractivity contribution in [2.24, 2.45) is 5.16 Å². The van der Waals surface area contributed by atoms with E-state index in [-0.39, 0.29) is 32.2 Å². The highest BCUT2D eigenvalue weighted by Gasteiger charge is 2.50. The predicted molar refractivity (Wildman–Crippen MR) is 164 cm³/mol. The van der Waals surface area contributed by atoms with E-state index in [2.05, 4.69) is 10.1 Å². The second-order valence-electron chi connectivity index (χ2n) is 10.5. The van der Waals surface area contributed by atoms with Crippen molar-refractivity contribution in [1.29, 1.82) is 0 Å². The number of fused-ring (bicyclic) bond motifs is 1. The van der Waals surface area contributed by atoms with Crippen LogP contribution in [0.1, 0.15) is 31.1 Å². The minimum atomic E-state index is -0.998. The molecule has 2 aromatic carbocycles. The summed E-state index contributed by atoms with van der Waals surface area (Å²) in [5.41, 5.74) is 1.64. The molecule has 1 fully saturated rings. The van der Waals surface area contributed by atoms with Crippen LogP contribution in [0.2, 0.25) is 0 Å². The van der Waals surface area contributed by atoms with Crippen molar-refractivity contribution in [3.8, 4) is 11.5 Å². The monoisotopic (exact) mass is 643 g/mol. The fourth-order valence-electron chi connectivity index (χ4n) is 4.95. The van der Waals surface area contributed by atoms with E-state index in [0.717, 1.165) is 5.56 Å². The summed E-state index contributed by atoms with van der Waals surface area (Å²) in [6.07, 6.45) is 2.27. The minimum Gasteiger partial charge on any atom is -0.459 e. The van der Waals surface area contributed by atoms with Crippen molar-refractivity contribution < 1.29 is 47.5 Å². The number of hydrogen-bond acceptors (Lipinski definition) is 13. The molecule has 0 radical (unpaired) electrons. The Bertz CT molecular complexity index is 1390. The number of benzene rings is 2. The molecule has 0 aliphatic carbocycles. The average Bonchev–Trinajstić information content (AvgIpc) is 3.81. The van der Waals surface area contributed by atoms with Crippen molar-refractivity contribution in [2.45, 2.75) is 56.8 Å². The summed E-state index contributed by atoms with van der Waals surface area (Å²) in [7, 11) is 3.04. The minimum absolute atomic E-state index is 0.0913. The third kappa shape index (κ3) is 8.55. The maximum atomic E-state index is 6.46. The third-order valence-corrected chi connectivity index (χ3v) is 7.20. The first-order valence-electron chi connectivity index (χ1n) is 14.2. The van der Waals surface area contributed by atoms with Crippen LogP contribution in [0.5, 0.6) is 11.5 Å². The molecule has 5 atom stereocenters. The van der Waals surface area contributed by atoms with E-state index < -0.39 is 36.3 Å². The number of methoxy groups -OCH3 is 2. The molecule has 2 aliphatic heterocycles. The van der Waals surface area contributed by atoms with Gasteiger partial charge in [-0.1, -0.05) is 41.6 Å². The van der Waals surface area contributed by atoms with Gasteiger partial charge in [-0.25, -0.2) is 4.98 Å². The molecule has 45 heavy (non-hydrogen) atoms. The highest BCUT2D eigenvalue weighted by atomic mass is 32.1. The molecule has 0 N–H and O–H groups in total. The van der Waals surface area contributed by atoms with E-state index in [1.807, 2.05) is 42.5 Å². The maximum Gasteiger partial charge on any atom is 0.269 e. The first kappa shape index (κ1) is 32.8. The Hall–Kier alpha value is -3.63. The second kappa shape index (κ2) is 15.6. The molecule has 1 aromatic heterocycles. The van der Waals surface area contributed by atoms with Gasteiger partial charge in [0.15, 0.2) is 23.4 Å². The van der Waals surface area contributed by atoms with Crippen molar-refractivity contribution in [2.75, 3.05) is 34.6 Å². The van der Waals surface area contributed by atoms with Crippen LogP contribution < -0.4 is 9.47 Å². The normalized spacial score (nSPS) is 20.6. The van der Waals surface area contributed by atoms with E-state index in [1.165, 1.54) is 14.2 Å². The topological polar surface area (TPSA) is 122 Å². The predicted octanol–water partition coefficient (Wildman–Crippen LogP) is 4.20. The molecule has 1 unspecified atom stereocenters. The van der Waals surface area contributed by atoms with Crippen molar-refractivity contribution in [3.63, 3.8) is 0 Å². The quantitative estimate of drug-likeness (QED) is 0.102. The first-order valence-corrected chi connectivity index (χ1v) is 14.6. The Morgan fingerprint density at radius 1 is 1.07 bits per heavy atom. The molecule has 0 saturated carbocycles. The van der Waals surface area contributed by atoms with Gasteiger partial charge >= 0.3 is 0 Å². The zero-order chi connectivity index (χ0) is 31.6. The van der Waals surface area contributed by atoms with Gasteiger partial charge in [-0.05, 0) is 49.3 Å². The van der Waals surface area contributed by atoms with E-state index in [1.54, 1.807) is 49.4 Å². The Balaban J connectivity index is 1.48. The molecule has 0 spiro atoms. The molecule has 2 aliphatic rings. The molecule has 5 rings (SSSR count). The van der Waals surface area contributed by atoms with E-state index in [9.17, 15) is 0 Å². The van der Waals surface area contributed by atoms with E-state index >= 15 is 0 Å². The number of imidazole rings is 1. The van der Waals surface area contributed by atoms with Crippen LogP contribution >= 0.6 is 12.2 Å². The Labute approximate surface area is 266 Å². The summed E-state index contributed by atoms with van der Waals surface area (Å²) in [5, 5.41) is 4.33. The molecule has 14 heteroatoms. The van der Waals surface area contributed by atoms with Crippen LogP contribution in [-0.4, -0.2) is 85.7 Å². The fourth-order valence-corrected chi connectivity index (χ4v) is 5.16. The summed E-state index contributed by atoms with van der Waals surface area (Å²) in [5.74, 6) is 0.164. The fraction of sp³-hybridized carbons (Fsp3) is 0.452. The molecule has 242 valence electrons. The zero-order valence-corrected chi connectivity index (χ0v) is 26.3. The lowest BCUT2D eigenvalue weighted by Crippen LogP contribution is -2.50. The first-order chi connectivity index (χ1) is 21.9. The van der Waals surface area contributed by atoms with Gasteiger partial charge in [0, 0.05) is 26.6 Å². The van der Waals surface area contributed by atoms with E-state index in [0.29, 0.717) is 17.1 Å². The van der Waals surface area contributed by atoms with Gasteiger partial charge in [0.2, 0.25) is 6.79 Å². The summed E-state index contributed by atoms with van der Waals surface area (Å²) in [6, 6.07) is 15.2. The lowest BCUT2D eigenvalue weighted by atomic mass is 9.94. The van der Waals surface area contributed by atoms with Crippen molar-refractivity contribution in [3.05, 3.63) is 78.4 Å². The molecular weight excluding hydrogens is 606 g/mol. The van der Waals surface area contributed by atoms with Crippen molar-refractivity contribution in [1.82, 2.24) is 9.55 Å². The molecule has 3 heterocycles. The van der Waals surface area contributed by atoms with Gasteiger partial charge in [0.25, 0.3) is 5.17 Å². The zero-order valence-electron chi connectivity index (χ0n) is 25.5. The van der Waals surface area contributed by atoms with Crippen LogP contribution in [-0.2, 0) is 44.6 Å². The summed E-state index contributed by atoms with van der Waals surface area (Å²) in [4.78, 5) is 9.67. The number of aromatic nitrogens is 2. The summed E-state index contributed by atoms with van der Waals surface area (Å²) < 4.78 is 55.2. The number of ether oxygens (including phenoxy) is 9. The van der Waals surface area contributed by atoms with Crippen LogP contribution in [0.25, 0.3) is 0 Å². The van der Waals surface area contributed by atoms with Gasteiger partial charge in [-0.2, -0.15) is 0 Å². The number of oxime groups is 1. The lowest BCUT2D eigenvalue weighted by Gasteiger charge is -2.36. The smallest absolute Gasteiger partial charge is 0.269 e. The van der Waals surface area contributed by atoms with Gasteiger partial charge in [0.05, 0.1) is 6.21 Å². The van der Waals surface area contributed by atoms with Crippen molar-refractivity contribution >= 4 is 23.6 Å². The van der Waals surface area contributed by atoms with Gasteiger partial charge < -0.3 is 47.5 Å². The number of rotatable bonds is 15. The third-order valence-electron chi connectivity index (χ3n) is 6.89. The lowest BCUT2D eigenvalue weighted by molar-refractivity contribution is -0.222. The largest absolute Gasteiger partial charge is 0.459 e. The van der Waals surface area contributed by atoms with Crippen LogP contribution in [0.3, 0.4) is 0 Å². The maximum absolute atomic E-state index is 6.46. The molecule has 3 aromatic rings. The van der Waals surface area contributed by atoms with Crippen LogP contribution in [0, 0.1) is 0 Å². The van der Waals surface area contributed by atoms with Gasteiger partial charge in [0.1, 0.15) is 50.9 Å². The average molecular weight is 644 g/mol. The SMILES string of the molecule is COCO[C@H]([C@H]1OC(C)(C)O[C@H]1/C=N\OCc1ccccc1)[C@H](OCOC)C(OC(=S)n1ccnc1)c1ccc2c(c1)OCO2. The molecule has 13 nitrogen and oxygen atoms in total. The Kier molecular flexibility index (Phi) is 11.3. The summed E-state index contributed by atoms with van der Waals surface area (Å²) in [6.45, 7) is 3.81. The highest BCUT2D eigenvalue weighted by molar-refractivity contribution is 7.80. The highest BCUT2D eigenvalue weighted by Crippen LogP contribution is 2.40. The van der Waals surface area contributed by atoms with Crippen LogP contribution in [0.15, 0.2) is 72.4 Å². The number of nitrogens with zero attached hydrogens (tertiary/aromatic N) is 3. The molecule has 1 saturated heterocycles. The number of thiocarbonyl (C=S) groups is 1. The molecule has 0 bridgehead atoms. The van der Waals surface area contributed by atoms with E-state index in [4.69, 9.17) is 59.7 Å². The summed E-state index contributed by atoms with van der Waals surface area (Å²) >= 11 is 5.66. The van der Waals surface area contributed by atoms with Gasteiger partial charge in [-0.15, -0.1) is 0 Å². The van der Waals surface area contributed by atoms with Crippen LogP contribution in [0.4, 0.5) is 0 Å². The number of hydrogen-bond donors (Lipinski definition) is 0. The van der Waals surface area contributed by atoms with Gasteiger partial charge in [-0.3, -0.25) is 4.57 Å². The molecule has 0 amide bonds. The Morgan fingerprint density at radius 3 is 2.60 bits per heavy atom. The molecular formula is C31H37N3O10S. The standard InChI is InChI=1S/C31H37N3O10S/c1-31(2)43-25(15-33-41-16-21-8-6-5-7-9-21)27(44-31)29(40-19-36-4)28(39-18-35-3)26(42-30(45)34-13-12-32-17-34)22-10-11-23-24(14-22)38-20-37-23/h5-15,17,25-29H,16,18-20H2,1-4H3/b33-15-/t25-,26?,27-,28+,29+/m0/s1. The Morgan fingerprint density at radius 2 is 1.84 bits per heavy atom. The second-order valence-corrected chi connectivity index (χ2v) is 10.9.